The summed E-state index contributed by atoms with van der Waals surface area (Å²) in [4.78, 5) is 25.5. The van der Waals surface area contributed by atoms with Gasteiger partial charge in [-0.15, -0.1) is 0 Å². The van der Waals surface area contributed by atoms with Crippen molar-refractivity contribution in [2.24, 2.45) is 5.73 Å². The average molecular weight is 427 g/mol. The number of carbonyl (C=O) groups is 1. The number of carbonyl (C=O) groups excluding carboxylic acids is 1. The first kappa shape index (κ1) is 20.9. The zero-order valence-electron chi connectivity index (χ0n) is 17.7. The Hall–Kier alpha value is -4.31. The van der Waals surface area contributed by atoms with Crippen molar-refractivity contribution in [1.29, 1.82) is 5.26 Å². The molecule has 0 amide bonds. The molecule has 7 heteroatoms. The topological polar surface area (TPSA) is 107 Å². The van der Waals surface area contributed by atoms with Gasteiger partial charge >= 0.3 is 5.97 Å². The van der Waals surface area contributed by atoms with Crippen molar-refractivity contribution in [1.82, 2.24) is 4.57 Å². The molecule has 0 aliphatic carbocycles. The van der Waals surface area contributed by atoms with Crippen LogP contribution in [0.3, 0.4) is 0 Å². The van der Waals surface area contributed by atoms with Crippen molar-refractivity contribution in [2.45, 2.75) is 19.4 Å². The quantitative estimate of drug-likeness (QED) is 0.641. The number of allylic oxidation sites excluding steroid dienone is 1. The van der Waals surface area contributed by atoms with E-state index in [1.165, 1.54) is 7.11 Å². The zero-order valence-corrected chi connectivity index (χ0v) is 17.7. The van der Waals surface area contributed by atoms with Crippen LogP contribution in [0.2, 0.25) is 0 Å². The number of esters is 1. The molecule has 3 aromatic rings. The second-order valence-corrected chi connectivity index (χ2v) is 7.48. The molecule has 1 aliphatic heterocycles. The number of pyridine rings is 1. The van der Waals surface area contributed by atoms with Crippen molar-refractivity contribution in [3.05, 3.63) is 110 Å². The Morgan fingerprint density at radius 1 is 1.19 bits per heavy atom. The largest absolute Gasteiger partial charge is 0.465 e. The van der Waals surface area contributed by atoms with E-state index in [0.717, 1.165) is 5.56 Å². The third-order valence-electron chi connectivity index (χ3n) is 5.54. The molecule has 32 heavy (non-hydrogen) atoms. The second-order valence-electron chi connectivity index (χ2n) is 7.48. The van der Waals surface area contributed by atoms with E-state index in [0.29, 0.717) is 34.7 Å². The minimum absolute atomic E-state index is 0.0401. The van der Waals surface area contributed by atoms with Crippen LogP contribution in [0, 0.1) is 18.3 Å². The van der Waals surface area contributed by atoms with Gasteiger partial charge in [0.05, 0.1) is 30.7 Å². The Morgan fingerprint density at radius 3 is 2.50 bits per heavy atom. The molecular formula is C25H21N3O4. The lowest BCUT2D eigenvalue weighted by Crippen LogP contribution is -2.33. The number of ether oxygens (including phenoxy) is 2. The Morgan fingerprint density at radius 2 is 1.88 bits per heavy atom. The van der Waals surface area contributed by atoms with Crippen molar-refractivity contribution < 1.29 is 14.3 Å². The van der Waals surface area contributed by atoms with Crippen molar-refractivity contribution in [3.8, 4) is 11.8 Å². The maximum atomic E-state index is 13.6. The van der Waals surface area contributed by atoms with Crippen LogP contribution in [0.5, 0.6) is 5.75 Å². The van der Waals surface area contributed by atoms with E-state index < -0.39 is 11.9 Å². The van der Waals surface area contributed by atoms with Crippen molar-refractivity contribution in [2.75, 3.05) is 7.11 Å². The molecule has 0 radical (unpaired) electrons. The van der Waals surface area contributed by atoms with Crippen molar-refractivity contribution >= 4 is 5.97 Å². The van der Waals surface area contributed by atoms with Crippen LogP contribution in [0.1, 0.15) is 38.7 Å². The van der Waals surface area contributed by atoms with Gasteiger partial charge in [-0.05, 0) is 30.2 Å². The number of nitriles is 1. The molecule has 160 valence electrons. The molecule has 0 saturated carbocycles. The molecule has 7 nitrogen and oxygen atoms in total. The number of hydrogen-bond acceptors (Lipinski definition) is 6. The molecule has 0 saturated heterocycles. The molecule has 2 N–H and O–H groups in total. The second kappa shape index (κ2) is 8.44. The Kier molecular flexibility index (Phi) is 5.52. The Bertz CT molecular complexity index is 1320. The molecule has 1 unspecified atom stereocenters. The molecule has 2 aromatic carbocycles. The van der Waals surface area contributed by atoms with E-state index >= 15 is 0 Å². The average Bonchev–Trinajstić information content (AvgIpc) is 2.81. The van der Waals surface area contributed by atoms with Gasteiger partial charge in [0.2, 0.25) is 5.88 Å². The highest BCUT2D eigenvalue weighted by molar-refractivity contribution is 5.89. The third kappa shape index (κ3) is 3.63. The lowest BCUT2D eigenvalue weighted by atomic mass is 9.83. The molecule has 1 atom stereocenters. The third-order valence-corrected chi connectivity index (χ3v) is 5.54. The highest BCUT2D eigenvalue weighted by atomic mass is 16.5. The number of benzene rings is 2. The number of methoxy groups -OCH3 is 1. The minimum atomic E-state index is -0.717. The number of nitrogens with two attached hydrogens (primary N) is 1. The van der Waals surface area contributed by atoms with Crippen LogP contribution in [-0.4, -0.2) is 17.6 Å². The normalized spacial score (nSPS) is 14.8. The fraction of sp³-hybridized carbons (Fsp3) is 0.160. The van der Waals surface area contributed by atoms with Crippen LogP contribution in [0.25, 0.3) is 0 Å². The molecule has 2 heterocycles. The monoisotopic (exact) mass is 427 g/mol. The van der Waals surface area contributed by atoms with Crippen LogP contribution in [-0.2, 0) is 11.3 Å². The van der Waals surface area contributed by atoms with E-state index in [-0.39, 0.29) is 17.0 Å². The van der Waals surface area contributed by atoms with E-state index in [2.05, 4.69) is 6.07 Å². The first-order chi connectivity index (χ1) is 15.4. The number of nitrogens with zero attached hydrogens (tertiary/aromatic N) is 2. The van der Waals surface area contributed by atoms with E-state index in [1.54, 1.807) is 34.9 Å². The van der Waals surface area contributed by atoms with Crippen LogP contribution in [0.4, 0.5) is 0 Å². The molecule has 1 aliphatic rings. The van der Waals surface area contributed by atoms with Crippen molar-refractivity contribution in [3.63, 3.8) is 0 Å². The summed E-state index contributed by atoms with van der Waals surface area (Å²) >= 11 is 0. The van der Waals surface area contributed by atoms with Gasteiger partial charge < -0.3 is 19.8 Å². The number of fused-ring (bicyclic) bond motifs is 1. The minimum Gasteiger partial charge on any atom is -0.465 e. The first-order valence-electron chi connectivity index (χ1n) is 9.98. The van der Waals surface area contributed by atoms with Gasteiger partial charge in [0.1, 0.15) is 17.4 Å². The Labute approximate surface area is 184 Å². The molecule has 0 fully saturated rings. The lowest BCUT2D eigenvalue weighted by Gasteiger charge is -2.27. The number of aryl methyl sites for hydroxylation is 1. The fourth-order valence-electron chi connectivity index (χ4n) is 3.91. The smallest absolute Gasteiger partial charge is 0.337 e. The number of aromatic nitrogens is 1. The summed E-state index contributed by atoms with van der Waals surface area (Å²) in [5.74, 6) is -0.900. The van der Waals surface area contributed by atoms with Gasteiger partial charge in [-0.2, -0.15) is 5.26 Å². The SMILES string of the molecule is COC(=O)c1ccc(C2C(C#N)=C(N)Oc3cc(C)n(Cc4ccccc4)c(=O)c32)cc1. The Balaban J connectivity index is 1.88. The van der Waals surface area contributed by atoms with Crippen LogP contribution >= 0.6 is 0 Å². The van der Waals surface area contributed by atoms with Crippen LogP contribution in [0.15, 0.2) is 76.9 Å². The zero-order chi connectivity index (χ0) is 22.8. The molecule has 0 spiro atoms. The van der Waals surface area contributed by atoms with Gasteiger partial charge in [0, 0.05) is 11.8 Å². The maximum Gasteiger partial charge on any atom is 0.337 e. The predicted octanol–water partition coefficient (Wildman–Crippen LogP) is 3.21. The summed E-state index contributed by atoms with van der Waals surface area (Å²) in [6.07, 6.45) is 0. The first-order valence-corrected chi connectivity index (χ1v) is 9.98. The fourth-order valence-corrected chi connectivity index (χ4v) is 3.91. The van der Waals surface area contributed by atoms with E-state index in [4.69, 9.17) is 15.2 Å². The highest BCUT2D eigenvalue weighted by Crippen LogP contribution is 2.40. The number of hydrogen-bond donors (Lipinski definition) is 1. The summed E-state index contributed by atoms with van der Waals surface area (Å²) < 4.78 is 12.1. The molecule has 4 rings (SSSR count). The summed E-state index contributed by atoms with van der Waals surface area (Å²) in [7, 11) is 1.31. The van der Waals surface area contributed by atoms with Gasteiger partial charge in [0.25, 0.3) is 5.56 Å². The summed E-state index contributed by atoms with van der Waals surface area (Å²) in [6.45, 7) is 2.21. The van der Waals surface area contributed by atoms with E-state index in [1.807, 2.05) is 37.3 Å². The van der Waals surface area contributed by atoms with Gasteiger partial charge in [-0.1, -0.05) is 42.5 Å². The van der Waals surface area contributed by atoms with Gasteiger partial charge in [-0.3, -0.25) is 4.79 Å². The van der Waals surface area contributed by atoms with Gasteiger partial charge in [-0.25, -0.2) is 4.79 Å². The summed E-state index contributed by atoms with van der Waals surface area (Å²) in [5.41, 5.74) is 8.97. The van der Waals surface area contributed by atoms with E-state index in [9.17, 15) is 14.9 Å². The standard InChI is InChI=1S/C25H21N3O4/c1-15-12-20-22(24(29)28(15)14-16-6-4-3-5-7-16)21(19(13-26)23(27)32-20)17-8-10-18(11-9-17)25(30)31-2/h3-12,21H,14,27H2,1-2H3. The predicted molar refractivity (Wildman–Crippen MR) is 118 cm³/mol. The van der Waals surface area contributed by atoms with Crippen LogP contribution < -0.4 is 16.0 Å². The maximum absolute atomic E-state index is 13.6. The molecule has 0 bridgehead atoms. The lowest BCUT2D eigenvalue weighted by molar-refractivity contribution is 0.0600. The molecule has 1 aromatic heterocycles. The summed E-state index contributed by atoms with van der Waals surface area (Å²) in [6, 6.07) is 20.1. The molecular weight excluding hydrogens is 406 g/mol. The highest BCUT2D eigenvalue weighted by Gasteiger charge is 2.34. The van der Waals surface area contributed by atoms with Gasteiger partial charge in [0.15, 0.2) is 0 Å². The summed E-state index contributed by atoms with van der Waals surface area (Å²) in [5, 5.41) is 9.80. The number of rotatable bonds is 4.